The molecule has 1 atom stereocenters. The maximum absolute atomic E-state index is 13.7. The zero-order chi connectivity index (χ0) is 27.0. The number of benzene rings is 1. The molecule has 0 bridgehead atoms. The van der Waals surface area contributed by atoms with Gasteiger partial charge in [-0.25, -0.2) is 4.68 Å². The van der Waals surface area contributed by atoms with E-state index < -0.39 is 23.2 Å². The van der Waals surface area contributed by atoms with Crippen molar-refractivity contribution in [3.8, 4) is 5.69 Å². The van der Waals surface area contributed by atoms with Crippen LogP contribution in [0.25, 0.3) is 5.69 Å². The number of para-hydroxylation sites is 1. The maximum Gasteiger partial charge on any atom is 0.418 e. The number of piperidine rings is 1. The molecule has 4 aromatic rings. The lowest BCUT2D eigenvalue weighted by Crippen LogP contribution is -2.39. The van der Waals surface area contributed by atoms with E-state index in [1.807, 2.05) is 37.3 Å². The van der Waals surface area contributed by atoms with Crippen LogP contribution in [-0.4, -0.2) is 47.8 Å². The number of hydrogen-bond donors (Lipinski definition) is 2. The number of nitrogens with zero attached hydrogens (tertiary/aromatic N) is 5. The van der Waals surface area contributed by atoms with Gasteiger partial charge in [0, 0.05) is 32.1 Å². The van der Waals surface area contributed by atoms with Crippen LogP contribution in [-0.2, 0) is 13.2 Å². The normalized spacial score (nSPS) is 16.0. The molecule has 198 valence electrons. The van der Waals surface area contributed by atoms with E-state index in [4.69, 9.17) is 0 Å². The highest BCUT2D eigenvalue weighted by atomic mass is 19.4. The Bertz CT molecular complexity index is 1470. The summed E-state index contributed by atoms with van der Waals surface area (Å²) in [7, 11) is 1.42. The van der Waals surface area contributed by atoms with E-state index in [1.54, 1.807) is 21.7 Å². The zero-order valence-corrected chi connectivity index (χ0v) is 20.8. The number of aryl methyl sites for hydroxylation is 2. The largest absolute Gasteiger partial charge is 0.418 e. The van der Waals surface area contributed by atoms with Crippen molar-refractivity contribution in [1.29, 1.82) is 0 Å². The number of aromatic nitrogens is 5. The Hall–Kier alpha value is -4.35. The van der Waals surface area contributed by atoms with E-state index in [2.05, 4.69) is 20.6 Å². The van der Waals surface area contributed by atoms with Gasteiger partial charge < -0.3 is 14.8 Å². The molecule has 1 aromatic carbocycles. The predicted octanol–water partition coefficient (Wildman–Crippen LogP) is 4.88. The molecular weight excluding hydrogens is 499 g/mol. The summed E-state index contributed by atoms with van der Waals surface area (Å²) in [6.07, 6.45) is -0.323. The van der Waals surface area contributed by atoms with Crippen LogP contribution in [0, 0.1) is 6.92 Å². The smallest absolute Gasteiger partial charge is 0.356 e. The molecule has 1 aliphatic heterocycles. The van der Waals surface area contributed by atoms with Crippen molar-refractivity contribution in [3.05, 3.63) is 83.1 Å². The van der Waals surface area contributed by atoms with E-state index in [-0.39, 0.29) is 17.8 Å². The van der Waals surface area contributed by atoms with Gasteiger partial charge in [-0.15, -0.1) is 0 Å². The number of hydrogen-bond acceptors (Lipinski definition) is 4. The van der Waals surface area contributed by atoms with Gasteiger partial charge >= 0.3 is 6.18 Å². The van der Waals surface area contributed by atoms with Crippen molar-refractivity contribution in [2.24, 2.45) is 7.05 Å². The molecule has 0 aliphatic carbocycles. The highest BCUT2D eigenvalue weighted by Gasteiger charge is 2.37. The molecule has 0 spiro atoms. The van der Waals surface area contributed by atoms with E-state index in [0.717, 1.165) is 30.9 Å². The highest BCUT2D eigenvalue weighted by Crippen LogP contribution is 2.34. The summed E-state index contributed by atoms with van der Waals surface area (Å²) in [5.41, 5.74) is 0.961. The molecule has 2 amide bonds. The van der Waals surface area contributed by atoms with Crippen LogP contribution in [0.15, 0.2) is 54.9 Å². The first-order chi connectivity index (χ1) is 18.1. The molecule has 0 radical (unpaired) electrons. The fourth-order valence-electron chi connectivity index (χ4n) is 4.81. The third-order valence-corrected chi connectivity index (χ3v) is 6.52. The molecule has 9 nitrogen and oxygen atoms in total. The Balaban J connectivity index is 1.38. The highest BCUT2D eigenvalue weighted by molar-refractivity contribution is 6.05. The van der Waals surface area contributed by atoms with Crippen LogP contribution < -0.4 is 5.32 Å². The Kier molecular flexibility index (Phi) is 6.55. The number of halogens is 3. The maximum atomic E-state index is 13.7. The van der Waals surface area contributed by atoms with Crippen LogP contribution in [0.5, 0.6) is 0 Å². The van der Waals surface area contributed by atoms with Gasteiger partial charge in [0.05, 0.1) is 34.2 Å². The van der Waals surface area contributed by atoms with Gasteiger partial charge in [-0.2, -0.15) is 23.4 Å². The Labute approximate surface area is 216 Å². The molecular formula is C26H26F3N7O2. The average molecular weight is 526 g/mol. The number of amides is 2. The number of nitrogens with one attached hydrogen (secondary N) is 2. The second-order valence-electron chi connectivity index (χ2n) is 9.34. The lowest BCUT2D eigenvalue weighted by atomic mass is 9.98. The first-order valence-electron chi connectivity index (χ1n) is 12.1. The molecule has 12 heteroatoms. The minimum atomic E-state index is -4.67. The lowest BCUT2D eigenvalue weighted by molar-refractivity contribution is -0.137. The molecule has 1 aliphatic rings. The number of rotatable bonds is 5. The monoisotopic (exact) mass is 525 g/mol. The summed E-state index contributed by atoms with van der Waals surface area (Å²) in [4.78, 5) is 28.2. The molecule has 1 unspecified atom stereocenters. The van der Waals surface area contributed by atoms with Crippen LogP contribution in [0.1, 0.15) is 63.1 Å². The molecule has 2 N–H and O–H groups in total. The third-order valence-electron chi connectivity index (χ3n) is 6.52. The number of carbonyl (C=O) groups excluding carboxylic acids is 2. The van der Waals surface area contributed by atoms with Gasteiger partial charge in [-0.3, -0.25) is 14.7 Å². The molecule has 4 heterocycles. The van der Waals surface area contributed by atoms with Gasteiger partial charge in [0.2, 0.25) is 0 Å². The van der Waals surface area contributed by atoms with Crippen molar-refractivity contribution in [3.63, 3.8) is 0 Å². The Morgan fingerprint density at radius 3 is 2.61 bits per heavy atom. The summed E-state index contributed by atoms with van der Waals surface area (Å²) in [5, 5.41) is 13.9. The van der Waals surface area contributed by atoms with E-state index in [1.165, 1.54) is 11.6 Å². The van der Waals surface area contributed by atoms with Gasteiger partial charge in [-0.05, 0) is 44.4 Å². The first kappa shape index (κ1) is 25.3. The van der Waals surface area contributed by atoms with E-state index in [9.17, 15) is 22.8 Å². The van der Waals surface area contributed by atoms with Crippen molar-refractivity contribution in [2.45, 2.75) is 38.4 Å². The van der Waals surface area contributed by atoms with Crippen LogP contribution in [0.3, 0.4) is 0 Å². The summed E-state index contributed by atoms with van der Waals surface area (Å²) >= 11 is 0. The van der Waals surface area contributed by atoms with Crippen molar-refractivity contribution in [2.75, 3.05) is 11.9 Å². The quantitative estimate of drug-likeness (QED) is 0.388. The van der Waals surface area contributed by atoms with Gasteiger partial charge in [-0.1, -0.05) is 18.2 Å². The van der Waals surface area contributed by atoms with Crippen molar-refractivity contribution >= 4 is 17.6 Å². The topological polar surface area (TPSA) is 101 Å². The minimum Gasteiger partial charge on any atom is -0.356 e. The third kappa shape index (κ3) is 4.93. The molecule has 1 fully saturated rings. The molecule has 3 aromatic heterocycles. The second kappa shape index (κ2) is 9.84. The van der Waals surface area contributed by atoms with Crippen molar-refractivity contribution in [1.82, 2.24) is 29.4 Å². The molecule has 0 saturated carbocycles. The fourth-order valence-corrected chi connectivity index (χ4v) is 4.81. The molecule has 1 saturated heterocycles. The number of likely N-dealkylation sites (tertiary alicyclic amines) is 1. The Morgan fingerprint density at radius 2 is 1.87 bits per heavy atom. The van der Waals surface area contributed by atoms with Crippen LogP contribution >= 0.6 is 0 Å². The van der Waals surface area contributed by atoms with Crippen molar-refractivity contribution < 1.29 is 22.8 Å². The summed E-state index contributed by atoms with van der Waals surface area (Å²) in [6, 6.07) is 12.3. The van der Waals surface area contributed by atoms with E-state index >= 15 is 0 Å². The summed E-state index contributed by atoms with van der Waals surface area (Å²) in [6.45, 7) is 2.34. The fraction of sp³-hybridized carbons (Fsp3) is 0.308. The summed E-state index contributed by atoms with van der Waals surface area (Å²) in [5.74, 6) is -1.04. The van der Waals surface area contributed by atoms with Gasteiger partial charge in [0.15, 0.2) is 5.82 Å². The Morgan fingerprint density at radius 1 is 1.11 bits per heavy atom. The predicted molar refractivity (Wildman–Crippen MR) is 133 cm³/mol. The summed E-state index contributed by atoms with van der Waals surface area (Å²) < 4.78 is 42.8. The van der Waals surface area contributed by atoms with Crippen LogP contribution in [0.2, 0.25) is 0 Å². The van der Waals surface area contributed by atoms with Crippen LogP contribution in [0.4, 0.5) is 19.0 Å². The lowest BCUT2D eigenvalue weighted by Gasteiger charge is -2.35. The zero-order valence-electron chi connectivity index (χ0n) is 20.8. The number of aromatic amines is 1. The van der Waals surface area contributed by atoms with Gasteiger partial charge in [0.1, 0.15) is 5.69 Å². The minimum absolute atomic E-state index is 0.0742. The SMILES string of the molecule is Cc1cc(C(=O)N2CCCCC2c2cc(NC(=O)c3cn(C)cc3C(F)(F)F)n[nH]2)n(-c2ccccc2)n1. The average Bonchev–Trinajstić information content (AvgIpc) is 3.62. The van der Waals surface area contributed by atoms with Gasteiger partial charge in [0.25, 0.3) is 11.8 Å². The number of alkyl halides is 3. The second-order valence-corrected chi connectivity index (χ2v) is 9.34. The number of carbonyl (C=O) groups is 2. The molecule has 38 heavy (non-hydrogen) atoms. The molecule has 5 rings (SSSR count). The number of anilines is 1. The first-order valence-corrected chi connectivity index (χ1v) is 12.1. The number of H-pyrrole nitrogens is 1. The van der Waals surface area contributed by atoms with E-state index in [0.29, 0.717) is 30.0 Å². The standard InChI is InChI=1S/C26H26F3N7O2/c1-16-12-22(36(33-16)17-8-4-3-5-9-17)25(38)35-11-7-6-10-21(35)20-13-23(32-31-20)30-24(37)18-14-34(2)15-19(18)26(27,28)29/h3-5,8-9,12-15,21H,6-7,10-11H2,1-2H3,(H2,30,31,32,37).